The van der Waals surface area contributed by atoms with Crippen molar-refractivity contribution in [1.82, 2.24) is 25.6 Å². The lowest BCUT2D eigenvalue weighted by Crippen LogP contribution is -2.33. The van der Waals surface area contributed by atoms with E-state index in [0.717, 1.165) is 29.6 Å². The predicted molar refractivity (Wildman–Crippen MR) is 121 cm³/mol. The Labute approximate surface area is 190 Å². The lowest BCUT2D eigenvalue weighted by atomic mass is 10.0. The smallest absolute Gasteiger partial charge is 0.262 e. The monoisotopic (exact) mass is 448 g/mol. The summed E-state index contributed by atoms with van der Waals surface area (Å²) in [5.41, 5.74) is 6.80. The molecule has 7 nitrogen and oxygen atoms in total. The molecule has 9 heteroatoms. The SMILES string of the molecule is CN1C=C(C2=CN3C(c4ccc(C(=O)N(C)c5ccc(F)cn5)c(F)c4)=CNC3C=C2)CN1. The minimum Gasteiger partial charge on any atom is -0.366 e. The van der Waals surface area contributed by atoms with Gasteiger partial charge in [-0.2, -0.15) is 0 Å². The topological polar surface area (TPSA) is 63.7 Å². The van der Waals surface area contributed by atoms with Crippen LogP contribution in [-0.2, 0) is 0 Å². The maximum atomic E-state index is 15.0. The van der Waals surface area contributed by atoms with Crippen LogP contribution in [0.15, 0.2) is 78.4 Å². The molecule has 3 aliphatic rings. The average molecular weight is 448 g/mol. The fourth-order valence-electron chi connectivity index (χ4n) is 3.99. The molecule has 33 heavy (non-hydrogen) atoms. The van der Waals surface area contributed by atoms with Crippen LogP contribution >= 0.6 is 0 Å². The number of pyridine rings is 1. The number of amides is 1. The second-order valence-corrected chi connectivity index (χ2v) is 7.99. The van der Waals surface area contributed by atoms with Crippen molar-refractivity contribution in [3.8, 4) is 0 Å². The molecule has 3 aliphatic heterocycles. The maximum Gasteiger partial charge on any atom is 0.262 e. The van der Waals surface area contributed by atoms with Gasteiger partial charge in [0, 0.05) is 44.8 Å². The van der Waals surface area contributed by atoms with Gasteiger partial charge in [0.2, 0.25) is 0 Å². The normalized spacial score (nSPS) is 19.0. The van der Waals surface area contributed by atoms with Gasteiger partial charge in [-0.3, -0.25) is 9.69 Å². The van der Waals surface area contributed by atoms with Gasteiger partial charge in [0.1, 0.15) is 23.6 Å². The Balaban J connectivity index is 1.38. The number of hydrogen-bond acceptors (Lipinski definition) is 6. The number of carbonyl (C=O) groups excluding carboxylic acids is 1. The van der Waals surface area contributed by atoms with E-state index in [-0.39, 0.29) is 17.5 Å². The summed E-state index contributed by atoms with van der Waals surface area (Å²) in [7, 11) is 3.42. The van der Waals surface area contributed by atoms with Crippen LogP contribution in [0.25, 0.3) is 5.70 Å². The Morgan fingerprint density at radius 3 is 2.76 bits per heavy atom. The molecule has 4 heterocycles. The molecule has 2 N–H and O–H groups in total. The van der Waals surface area contributed by atoms with Crippen LogP contribution in [0.1, 0.15) is 15.9 Å². The molecule has 1 atom stereocenters. The molecule has 0 fully saturated rings. The zero-order valence-corrected chi connectivity index (χ0v) is 18.1. The first-order chi connectivity index (χ1) is 15.9. The summed E-state index contributed by atoms with van der Waals surface area (Å²) in [4.78, 5) is 19.9. The number of nitrogens with one attached hydrogen (secondary N) is 2. The van der Waals surface area contributed by atoms with Gasteiger partial charge in [-0.15, -0.1) is 0 Å². The van der Waals surface area contributed by atoms with E-state index < -0.39 is 17.5 Å². The third-order valence-electron chi connectivity index (χ3n) is 5.80. The number of rotatable bonds is 4. The van der Waals surface area contributed by atoms with E-state index in [0.29, 0.717) is 5.56 Å². The number of nitrogens with zero attached hydrogens (tertiary/aromatic N) is 4. The van der Waals surface area contributed by atoms with E-state index in [1.165, 1.54) is 36.2 Å². The van der Waals surface area contributed by atoms with Crippen molar-refractivity contribution in [1.29, 1.82) is 0 Å². The average Bonchev–Trinajstić information content (AvgIpc) is 3.44. The molecule has 1 amide bonds. The molecule has 0 saturated heterocycles. The Morgan fingerprint density at radius 1 is 1.21 bits per heavy atom. The van der Waals surface area contributed by atoms with E-state index in [4.69, 9.17) is 0 Å². The molecule has 0 spiro atoms. The number of fused-ring (bicyclic) bond motifs is 1. The molecule has 0 radical (unpaired) electrons. The second-order valence-electron chi connectivity index (χ2n) is 7.99. The number of halogens is 2. The lowest BCUT2D eigenvalue weighted by Gasteiger charge is -2.28. The van der Waals surface area contributed by atoms with Crippen molar-refractivity contribution in [2.45, 2.75) is 6.17 Å². The molecule has 2 aromatic rings. The van der Waals surface area contributed by atoms with Gasteiger partial charge in [-0.1, -0.05) is 12.1 Å². The largest absolute Gasteiger partial charge is 0.366 e. The summed E-state index contributed by atoms with van der Waals surface area (Å²) >= 11 is 0. The maximum absolute atomic E-state index is 15.0. The molecule has 1 aromatic heterocycles. The van der Waals surface area contributed by atoms with Crippen molar-refractivity contribution >= 4 is 17.4 Å². The number of hydrogen-bond donors (Lipinski definition) is 2. The highest BCUT2D eigenvalue weighted by Gasteiger charge is 2.28. The van der Waals surface area contributed by atoms with Crippen LogP contribution < -0.4 is 15.6 Å². The first kappa shape index (κ1) is 20.9. The highest BCUT2D eigenvalue weighted by atomic mass is 19.1. The lowest BCUT2D eigenvalue weighted by molar-refractivity contribution is 0.0988. The van der Waals surface area contributed by atoms with Crippen molar-refractivity contribution < 1.29 is 13.6 Å². The van der Waals surface area contributed by atoms with Gasteiger partial charge in [0.15, 0.2) is 0 Å². The summed E-state index contributed by atoms with van der Waals surface area (Å²) < 4.78 is 28.2. The summed E-state index contributed by atoms with van der Waals surface area (Å²) in [5, 5.41) is 5.19. The van der Waals surface area contributed by atoms with Gasteiger partial charge < -0.3 is 15.2 Å². The van der Waals surface area contributed by atoms with Crippen LogP contribution in [0.5, 0.6) is 0 Å². The van der Waals surface area contributed by atoms with E-state index in [9.17, 15) is 9.18 Å². The van der Waals surface area contributed by atoms with E-state index in [1.54, 1.807) is 6.07 Å². The zero-order chi connectivity index (χ0) is 23.1. The van der Waals surface area contributed by atoms with Gasteiger partial charge in [0.05, 0.1) is 17.5 Å². The first-order valence-corrected chi connectivity index (χ1v) is 10.4. The molecular formula is C24H22F2N6O. The quantitative estimate of drug-likeness (QED) is 0.750. The molecule has 168 valence electrons. The third-order valence-corrected chi connectivity index (χ3v) is 5.80. The number of aromatic nitrogens is 1. The Bertz CT molecular complexity index is 1230. The van der Waals surface area contributed by atoms with Gasteiger partial charge in [-0.25, -0.2) is 19.2 Å². The number of allylic oxidation sites excluding steroid dienone is 1. The number of anilines is 1. The van der Waals surface area contributed by atoms with Gasteiger partial charge in [0.25, 0.3) is 5.91 Å². The zero-order valence-electron chi connectivity index (χ0n) is 18.1. The molecule has 0 bridgehead atoms. The van der Waals surface area contributed by atoms with Crippen LogP contribution in [-0.4, -0.2) is 47.6 Å². The van der Waals surface area contributed by atoms with Gasteiger partial charge >= 0.3 is 0 Å². The first-order valence-electron chi connectivity index (χ1n) is 10.4. The standard InChI is InChI=1S/C24H22F2N6O/c1-30-13-17(10-29-30)16-4-7-23-28-12-21(32(23)14-16)15-3-6-19(20(26)9-15)24(33)31(2)22-8-5-18(25)11-27-22/h3-9,11-14,23,28-29H,10H2,1-2H3. The minimum atomic E-state index is -0.642. The summed E-state index contributed by atoms with van der Waals surface area (Å²) in [6, 6.07) is 7.10. The molecule has 1 aromatic carbocycles. The summed E-state index contributed by atoms with van der Waals surface area (Å²) in [6.07, 6.45) is 11.0. The number of carbonyl (C=O) groups is 1. The van der Waals surface area contributed by atoms with Crippen LogP contribution in [0.2, 0.25) is 0 Å². The molecule has 1 unspecified atom stereocenters. The van der Waals surface area contributed by atoms with Crippen LogP contribution in [0.4, 0.5) is 14.6 Å². The summed E-state index contributed by atoms with van der Waals surface area (Å²) in [5.74, 6) is -1.49. The number of benzene rings is 1. The Morgan fingerprint density at radius 2 is 2.06 bits per heavy atom. The second kappa shape index (κ2) is 8.18. The van der Waals surface area contributed by atoms with Crippen molar-refractivity contribution in [2.75, 3.05) is 25.5 Å². The predicted octanol–water partition coefficient (Wildman–Crippen LogP) is 2.95. The molecule has 0 aliphatic carbocycles. The third kappa shape index (κ3) is 3.87. The fraction of sp³-hybridized carbons (Fsp3) is 0.167. The highest BCUT2D eigenvalue weighted by Crippen LogP contribution is 2.32. The van der Waals surface area contributed by atoms with E-state index >= 15 is 4.39 Å². The van der Waals surface area contributed by atoms with Crippen LogP contribution in [0, 0.1) is 11.6 Å². The Kier molecular flexibility index (Phi) is 5.18. The van der Waals surface area contributed by atoms with Crippen molar-refractivity contribution in [3.63, 3.8) is 0 Å². The van der Waals surface area contributed by atoms with E-state index in [2.05, 4.69) is 27.9 Å². The van der Waals surface area contributed by atoms with Crippen LogP contribution in [0.3, 0.4) is 0 Å². The fourth-order valence-corrected chi connectivity index (χ4v) is 3.99. The summed E-state index contributed by atoms with van der Waals surface area (Å²) in [6.45, 7) is 0.736. The van der Waals surface area contributed by atoms with Crippen molar-refractivity contribution in [2.24, 2.45) is 0 Å². The molecular weight excluding hydrogens is 426 g/mol. The van der Waals surface area contributed by atoms with Crippen molar-refractivity contribution in [3.05, 3.63) is 101 Å². The highest BCUT2D eigenvalue weighted by molar-refractivity contribution is 6.05. The van der Waals surface area contributed by atoms with Gasteiger partial charge in [-0.05, 0) is 41.5 Å². The minimum absolute atomic E-state index is 0.0588. The van der Waals surface area contributed by atoms with E-state index in [1.807, 2.05) is 35.6 Å². The molecule has 5 rings (SSSR count). The number of hydrazine groups is 1. The molecule has 0 saturated carbocycles. The Hall–Kier alpha value is -3.98.